The Balaban J connectivity index is 0.000000134. The molecule has 0 saturated heterocycles. The van der Waals surface area contributed by atoms with E-state index in [0.717, 1.165) is 66.2 Å². The third-order valence-electron chi connectivity index (χ3n) is 13.8. The van der Waals surface area contributed by atoms with Crippen molar-refractivity contribution in [2.24, 2.45) is 0 Å². The monoisotopic (exact) mass is 1110 g/mol. The Kier molecular flexibility index (Phi) is 15.6. The van der Waals surface area contributed by atoms with E-state index in [-0.39, 0.29) is 0 Å². The average Bonchev–Trinajstić information content (AvgIpc) is 4.24. The third-order valence-corrected chi connectivity index (χ3v) is 14.3. The topological polar surface area (TPSA) is 67.3 Å². The van der Waals surface area contributed by atoms with Gasteiger partial charge in [-0.15, -0.1) is 0 Å². The van der Waals surface area contributed by atoms with E-state index in [9.17, 15) is 0 Å². The van der Waals surface area contributed by atoms with E-state index in [1.807, 2.05) is 97.1 Å². The minimum atomic E-state index is 0.624. The molecule has 14 aromatic rings. The zero-order valence-electron chi connectivity index (χ0n) is 44.1. The first kappa shape index (κ1) is 51.4. The number of fused-ring (bicyclic) bond motifs is 2. The van der Waals surface area contributed by atoms with Gasteiger partial charge in [-0.3, -0.25) is 0 Å². The van der Waals surface area contributed by atoms with Crippen LogP contribution >= 0.6 is 15.9 Å². The molecule has 0 aliphatic heterocycles. The number of nitrogens with one attached hydrogen (secondary N) is 1. The van der Waals surface area contributed by atoms with Crippen LogP contribution in [0.3, 0.4) is 0 Å². The number of nitrogens with zero attached hydrogens (tertiary/aromatic N) is 3. The van der Waals surface area contributed by atoms with E-state index in [0.29, 0.717) is 11.8 Å². The summed E-state index contributed by atoms with van der Waals surface area (Å²) in [6.07, 6.45) is 0. The Labute approximate surface area is 480 Å². The van der Waals surface area contributed by atoms with Gasteiger partial charge in [0.1, 0.15) is 11.0 Å². The minimum Gasteiger partial charge on any atom is -0.436 e. The lowest BCUT2D eigenvalue weighted by atomic mass is 10.0. The molecule has 0 spiro atoms. The van der Waals surface area contributed by atoms with Crippen molar-refractivity contribution >= 4 is 66.6 Å². The largest absolute Gasteiger partial charge is 0.436 e. The van der Waals surface area contributed by atoms with Crippen molar-refractivity contribution in [1.29, 1.82) is 0 Å². The van der Waals surface area contributed by atoms with Gasteiger partial charge in [0.25, 0.3) is 0 Å². The van der Waals surface area contributed by atoms with Crippen molar-refractivity contribution < 1.29 is 8.83 Å². The number of aromatic nitrogens is 2. The maximum absolute atomic E-state index is 6.01. The summed E-state index contributed by atoms with van der Waals surface area (Å²) in [6.45, 7) is 0. The summed E-state index contributed by atoms with van der Waals surface area (Å²) < 4.78 is 12.7. The van der Waals surface area contributed by atoms with E-state index in [2.05, 4.69) is 255 Å². The summed E-state index contributed by atoms with van der Waals surface area (Å²) in [6, 6.07) is 108. The summed E-state index contributed by atoms with van der Waals surface area (Å²) >= 11 is 3.40. The maximum atomic E-state index is 6.01. The number of halogens is 1. The predicted molar refractivity (Wildman–Crippen MR) is 339 cm³/mol. The number of hydrogen-bond acceptors (Lipinski definition) is 6. The van der Waals surface area contributed by atoms with Gasteiger partial charge in [0, 0.05) is 44.0 Å². The molecule has 0 bridgehead atoms. The van der Waals surface area contributed by atoms with Crippen LogP contribution in [-0.4, -0.2) is 9.97 Å². The fourth-order valence-corrected chi connectivity index (χ4v) is 9.84. The smallest absolute Gasteiger partial charge is 0.227 e. The number of oxazole rings is 2. The molecular formula is C74H53BrN4O2. The summed E-state index contributed by atoms with van der Waals surface area (Å²) in [4.78, 5) is 11.4. The van der Waals surface area contributed by atoms with Gasteiger partial charge in [-0.1, -0.05) is 210 Å². The molecule has 7 heteroatoms. The minimum absolute atomic E-state index is 0.624. The van der Waals surface area contributed by atoms with Crippen LogP contribution in [0.4, 0.5) is 28.4 Å². The Morgan fingerprint density at radius 3 is 0.840 bits per heavy atom. The van der Waals surface area contributed by atoms with Crippen molar-refractivity contribution in [3.8, 4) is 67.4 Å². The third kappa shape index (κ3) is 12.5. The van der Waals surface area contributed by atoms with E-state index in [1.54, 1.807) is 0 Å². The number of hydrogen-bond donors (Lipinski definition) is 1. The summed E-state index contributed by atoms with van der Waals surface area (Å²) in [5, 5.41) is 3.46. The fraction of sp³-hybridized carbons (Fsp3) is 0. The number of rotatable bonds is 11. The quantitative estimate of drug-likeness (QED) is 0.139. The molecule has 14 rings (SSSR count). The number of para-hydroxylation sites is 4. The standard InChI is InChI=1S/C37H26N2O.C24H19N.C13H8BrNO/c1-3-9-27(10-4-1)29-15-21-32(22-16-29)39(33-23-17-30(18-24-33)28-11-5-2-6-12-28)34-25-19-31(20-26-34)37-38-35-13-7-8-14-36(35)40-37;1-3-7-19(8-4-1)21-11-15-23(16-12-21)25-24-17-13-22(14-18-24)20-9-5-2-6-10-20;14-10-7-5-9(6-8-10)13-15-11-3-1-2-4-12(11)16-13/h1-26H;1-18,25H;1-8H. The molecule has 0 amide bonds. The highest BCUT2D eigenvalue weighted by Gasteiger charge is 2.16. The van der Waals surface area contributed by atoms with Crippen LogP contribution in [0.2, 0.25) is 0 Å². The summed E-state index contributed by atoms with van der Waals surface area (Å²) in [5.74, 6) is 1.28. The SMILES string of the molecule is Brc1ccc(-c2nc3ccccc3o2)cc1.c1ccc(-c2ccc(N(c3ccc(-c4ccccc4)cc3)c3ccc(-c4nc5ccccc5o4)cc3)cc2)cc1.c1ccc(-c2ccc(Nc3ccc(-c4ccccc4)cc3)cc2)cc1. The Bertz CT molecular complexity index is 4020. The van der Waals surface area contributed by atoms with Gasteiger partial charge >= 0.3 is 0 Å². The van der Waals surface area contributed by atoms with Crippen molar-refractivity contribution in [1.82, 2.24) is 9.97 Å². The molecule has 0 aliphatic carbocycles. The molecule has 0 unspecified atom stereocenters. The lowest BCUT2D eigenvalue weighted by molar-refractivity contribution is 0.619. The fourth-order valence-electron chi connectivity index (χ4n) is 9.57. The van der Waals surface area contributed by atoms with Crippen LogP contribution in [0.25, 0.3) is 89.6 Å². The lowest BCUT2D eigenvalue weighted by Crippen LogP contribution is -2.09. The molecular weight excluding hydrogens is 1060 g/mol. The van der Waals surface area contributed by atoms with E-state index in [1.165, 1.54) is 44.5 Å². The number of anilines is 5. The molecule has 81 heavy (non-hydrogen) atoms. The van der Waals surface area contributed by atoms with Crippen molar-refractivity contribution in [2.45, 2.75) is 0 Å². The molecule has 2 aromatic heterocycles. The molecule has 0 saturated carbocycles. The van der Waals surface area contributed by atoms with Crippen molar-refractivity contribution in [3.05, 3.63) is 320 Å². The molecule has 0 fully saturated rings. The second-order valence-electron chi connectivity index (χ2n) is 19.2. The average molecular weight is 1110 g/mol. The molecule has 6 nitrogen and oxygen atoms in total. The van der Waals surface area contributed by atoms with Crippen LogP contribution < -0.4 is 10.2 Å². The Morgan fingerprint density at radius 2 is 0.519 bits per heavy atom. The predicted octanol–water partition coefficient (Wildman–Crippen LogP) is 21.3. The maximum Gasteiger partial charge on any atom is 0.227 e. The van der Waals surface area contributed by atoms with Crippen LogP contribution in [0.1, 0.15) is 0 Å². The van der Waals surface area contributed by atoms with Gasteiger partial charge in [0.2, 0.25) is 11.8 Å². The zero-order chi connectivity index (χ0) is 54.6. The molecule has 0 radical (unpaired) electrons. The van der Waals surface area contributed by atoms with Crippen molar-refractivity contribution in [3.63, 3.8) is 0 Å². The van der Waals surface area contributed by atoms with Crippen LogP contribution in [0.5, 0.6) is 0 Å². The number of benzene rings is 12. The molecule has 12 aromatic carbocycles. The van der Waals surface area contributed by atoms with Crippen LogP contribution in [-0.2, 0) is 0 Å². The lowest BCUT2D eigenvalue weighted by Gasteiger charge is -2.26. The van der Waals surface area contributed by atoms with Gasteiger partial charge in [-0.25, -0.2) is 9.97 Å². The van der Waals surface area contributed by atoms with Gasteiger partial charge in [-0.2, -0.15) is 0 Å². The molecule has 388 valence electrons. The Morgan fingerprint density at radius 1 is 0.259 bits per heavy atom. The normalized spacial score (nSPS) is 10.8. The van der Waals surface area contributed by atoms with Gasteiger partial charge in [0.05, 0.1) is 0 Å². The second kappa shape index (κ2) is 24.5. The first-order valence-electron chi connectivity index (χ1n) is 26.8. The highest BCUT2D eigenvalue weighted by atomic mass is 79.9. The van der Waals surface area contributed by atoms with Gasteiger partial charge in [0.15, 0.2) is 11.2 Å². The van der Waals surface area contributed by atoms with Crippen LogP contribution in [0, 0.1) is 0 Å². The van der Waals surface area contributed by atoms with Crippen LogP contribution in [0.15, 0.2) is 329 Å². The highest BCUT2D eigenvalue weighted by Crippen LogP contribution is 2.38. The molecule has 2 heterocycles. The van der Waals surface area contributed by atoms with E-state index >= 15 is 0 Å². The highest BCUT2D eigenvalue weighted by molar-refractivity contribution is 9.10. The Hall–Kier alpha value is -10.3. The molecule has 0 atom stereocenters. The summed E-state index contributed by atoms with van der Waals surface area (Å²) in [7, 11) is 0. The second-order valence-corrected chi connectivity index (χ2v) is 20.1. The summed E-state index contributed by atoms with van der Waals surface area (Å²) in [5.41, 5.74) is 20.4. The first-order chi connectivity index (χ1) is 40.0. The molecule has 0 aliphatic rings. The van der Waals surface area contributed by atoms with Gasteiger partial charge < -0.3 is 19.1 Å². The van der Waals surface area contributed by atoms with Gasteiger partial charge in [-0.05, 0) is 166 Å². The van der Waals surface area contributed by atoms with Crippen molar-refractivity contribution in [2.75, 3.05) is 10.2 Å². The molecule has 1 N–H and O–H groups in total. The van der Waals surface area contributed by atoms with E-state index in [4.69, 9.17) is 8.83 Å². The van der Waals surface area contributed by atoms with E-state index < -0.39 is 0 Å². The first-order valence-corrected chi connectivity index (χ1v) is 27.6. The zero-order valence-corrected chi connectivity index (χ0v) is 45.6.